The minimum atomic E-state index is -0.401. The molecule has 2 rings (SSSR count). The normalized spacial score (nSPS) is 24.9. The molecule has 0 aromatic rings. The van der Waals surface area contributed by atoms with Gasteiger partial charge in [-0.25, -0.2) is 4.79 Å². The van der Waals surface area contributed by atoms with E-state index in [0.717, 1.165) is 25.6 Å². The van der Waals surface area contributed by atoms with Gasteiger partial charge in [-0.1, -0.05) is 25.7 Å². The first kappa shape index (κ1) is 15.6. The van der Waals surface area contributed by atoms with Gasteiger partial charge in [0.25, 0.3) is 0 Å². The van der Waals surface area contributed by atoms with Gasteiger partial charge in [-0.2, -0.15) is 0 Å². The van der Waals surface area contributed by atoms with Crippen molar-refractivity contribution in [2.45, 2.75) is 70.9 Å². The van der Waals surface area contributed by atoms with Crippen molar-refractivity contribution in [3.05, 3.63) is 0 Å². The maximum absolute atomic E-state index is 12.1. The van der Waals surface area contributed by atoms with Gasteiger partial charge in [0, 0.05) is 25.7 Å². The van der Waals surface area contributed by atoms with Gasteiger partial charge in [0.05, 0.1) is 0 Å². The van der Waals surface area contributed by atoms with Gasteiger partial charge in [-0.15, -0.1) is 0 Å². The SMILES string of the molecule is CC(C)(C)OC(=O)N1CCNC(CCC2CCCC2)C1. The third-order valence-electron chi connectivity index (χ3n) is 4.31. The Morgan fingerprint density at radius 2 is 1.95 bits per heavy atom. The Morgan fingerprint density at radius 1 is 1.25 bits per heavy atom. The van der Waals surface area contributed by atoms with E-state index < -0.39 is 5.60 Å². The van der Waals surface area contributed by atoms with E-state index in [-0.39, 0.29) is 6.09 Å². The van der Waals surface area contributed by atoms with Gasteiger partial charge in [0.1, 0.15) is 5.60 Å². The van der Waals surface area contributed by atoms with Crippen LogP contribution in [0.5, 0.6) is 0 Å². The lowest BCUT2D eigenvalue weighted by atomic mass is 9.97. The van der Waals surface area contributed by atoms with Crippen LogP contribution in [0, 0.1) is 5.92 Å². The Kier molecular flexibility index (Phi) is 5.30. The van der Waals surface area contributed by atoms with Crippen molar-refractivity contribution in [2.75, 3.05) is 19.6 Å². The predicted octanol–water partition coefficient (Wildman–Crippen LogP) is 3.17. The summed E-state index contributed by atoms with van der Waals surface area (Å²) in [5.41, 5.74) is -0.401. The monoisotopic (exact) mass is 282 g/mol. The summed E-state index contributed by atoms with van der Waals surface area (Å²) in [6, 6.07) is 0.442. The summed E-state index contributed by atoms with van der Waals surface area (Å²) < 4.78 is 5.46. The fraction of sp³-hybridized carbons (Fsp3) is 0.938. The van der Waals surface area contributed by atoms with Crippen molar-refractivity contribution in [1.29, 1.82) is 0 Å². The van der Waals surface area contributed by atoms with Crippen molar-refractivity contribution < 1.29 is 9.53 Å². The molecule has 4 nitrogen and oxygen atoms in total. The number of nitrogens with one attached hydrogen (secondary N) is 1. The van der Waals surface area contributed by atoms with Crippen LogP contribution in [0.1, 0.15) is 59.3 Å². The molecule has 2 aliphatic rings. The topological polar surface area (TPSA) is 41.6 Å². The summed E-state index contributed by atoms with van der Waals surface area (Å²) in [6.45, 7) is 8.20. The number of ether oxygens (including phenoxy) is 1. The van der Waals surface area contributed by atoms with Crippen molar-refractivity contribution in [3.63, 3.8) is 0 Å². The average molecular weight is 282 g/mol. The van der Waals surface area contributed by atoms with E-state index in [2.05, 4.69) is 5.32 Å². The maximum Gasteiger partial charge on any atom is 0.410 e. The summed E-state index contributed by atoms with van der Waals surface area (Å²) >= 11 is 0. The van der Waals surface area contributed by atoms with Crippen molar-refractivity contribution in [1.82, 2.24) is 10.2 Å². The minimum absolute atomic E-state index is 0.162. The highest BCUT2D eigenvalue weighted by molar-refractivity contribution is 5.68. The Hall–Kier alpha value is -0.770. The van der Waals surface area contributed by atoms with Gasteiger partial charge in [-0.3, -0.25) is 0 Å². The van der Waals surface area contributed by atoms with Crippen LogP contribution >= 0.6 is 0 Å². The molecular weight excluding hydrogens is 252 g/mol. The van der Waals surface area contributed by atoms with Crippen LogP contribution in [-0.2, 0) is 4.74 Å². The number of hydrogen-bond donors (Lipinski definition) is 1. The van der Waals surface area contributed by atoms with Crippen LogP contribution in [0.4, 0.5) is 4.79 Å². The zero-order valence-electron chi connectivity index (χ0n) is 13.3. The molecule has 20 heavy (non-hydrogen) atoms. The van der Waals surface area contributed by atoms with E-state index in [1.54, 1.807) is 0 Å². The highest BCUT2D eigenvalue weighted by atomic mass is 16.6. The standard InChI is InChI=1S/C16H30N2O2/c1-16(2,3)20-15(19)18-11-10-17-14(12-18)9-8-13-6-4-5-7-13/h13-14,17H,4-12H2,1-3H3. The second-order valence-corrected chi connectivity index (χ2v) is 7.31. The molecule has 1 unspecified atom stereocenters. The number of piperazine rings is 1. The number of rotatable bonds is 3. The van der Waals surface area contributed by atoms with Crippen LogP contribution in [0.15, 0.2) is 0 Å². The van der Waals surface area contributed by atoms with E-state index in [9.17, 15) is 4.79 Å². The molecule has 0 spiro atoms. The smallest absolute Gasteiger partial charge is 0.410 e. The van der Waals surface area contributed by atoms with Gasteiger partial charge in [0.15, 0.2) is 0 Å². The molecule has 1 heterocycles. The first-order valence-electron chi connectivity index (χ1n) is 8.15. The minimum Gasteiger partial charge on any atom is -0.444 e. The van der Waals surface area contributed by atoms with Gasteiger partial charge < -0.3 is 15.0 Å². The zero-order valence-corrected chi connectivity index (χ0v) is 13.3. The predicted molar refractivity (Wildman–Crippen MR) is 80.8 cm³/mol. The zero-order chi connectivity index (χ0) is 14.6. The van der Waals surface area contributed by atoms with Gasteiger partial charge >= 0.3 is 6.09 Å². The van der Waals surface area contributed by atoms with E-state index in [0.29, 0.717) is 6.04 Å². The molecule has 1 aliphatic carbocycles. The first-order valence-corrected chi connectivity index (χ1v) is 8.15. The molecule has 2 fully saturated rings. The van der Waals surface area contributed by atoms with E-state index >= 15 is 0 Å². The highest BCUT2D eigenvalue weighted by Crippen LogP contribution is 2.29. The van der Waals surface area contributed by atoms with E-state index in [1.807, 2.05) is 25.7 Å². The molecule has 1 N–H and O–H groups in total. The Bertz CT molecular complexity index is 319. The second kappa shape index (κ2) is 6.79. The molecule has 0 radical (unpaired) electrons. The van der Waals surface area contributed by atoms with E-state index in [4.69, 9.17) is 4.74 Å². The molecular formula is C16H30N2O2. The quantitative estimate of drug-likeness (QED) is 0.864. The summed E-state index contributed by atoms with van der Waals surface area (Å²) in [4.78, 5) is 14.0. The molecule has 116 valence electrons. The van der Waals surface area contributed by atoms with Crippen molar-refractivity contribution in [2.24, 2.45) is 5.92 Å². The summed E-state index contributed by atoms with van der Waals surface area (Å²) in [6.07, 6.45) is 7.96. The number of carbonyl (C=O) groups is 1. The van der Waals surface area contributed by atoms with Crippen molar-refractivity contribution in [3.8, 4) is 0 Å². The molecule has 1 atom stereocenters. The molecule has 1 saturated carbocycles. The summed E-state index contributed by atoms with van der Waals surface area (Å²) in [7, 11) is 0. The molecule has 1 amide bonds. The van der Waals surface area contributed by atoms with E-state index in [1.165, 1.54) is 38.5 Å². The lowest BCUT2D eigenvalue weighted by molar-refractivity contribution is 0.0191. The summed E-state index contributed by atoms with van der Waals surface area (Å²) in [5.74, 6) is 0.925. The molecule has 4 heteroatoms. The largest absolute Gasteiger partial charge is 0.444 e. The van der Waals surface area contributed by atoms with Gasteiger partial charge in [-0.05, 0) is 39.5 Å². The van der Waals surface area contributed by atoms with Crippen LogP contribution in [0.2, 0.25) is 0 Å². The first-order chi connectivity index (χ1) is 9.44. The average Bonchev–Trinajstić information content (AvgIpc) is 2.88. The van der Waals surface area contributed by atoms with Crippen LogP contribution in [-0.4, -0.2) is 42.3 Å². The van der Waals surface area contributed by atoms with Crippen LogP contribution < -0.4 is 5.32 Å². The summed E-state index contributed by atoms with van der Waals surface area (Å²) in [5, 5.41) is 3.54. The number of carbonyl (C=O) groups excluding carboxylic acids is 1. The highest BCUT2D eigenvalue weighted by Gasteiger charge is 2.27. The molecule has 0 aromatic carbocycles. The number of hydrogen-bond acceptors (Lipinski definition) is 3. The lowest BCUT2D eigenvalue weighted by Gasteiger charge is -2.35. The lowest BCUT2D eigenvalue weighted by Crippen LogP contribution is -2.53. The number of nitrogens with zero attached hydrogens (tertiary/aromatic N) is 1. The van der Waals surface area contributed by atoms with Crippen LogP contribution in [0.3, 0.4) is 0 Å². The molecule has 1 saturated heterocycles. The molecule has 0 aromatic heterocycles. The Morgan fingerprint density at radius 3 is 2.60 bits per heavy atom. The number of amides is 1. The Labute approximate surface area is 123 Å². The van der Waals surface area contributed by atoms with Crippen LogP contribution in [0.25, 0.3) is 0 Å². The fourth-order valence-corrected chi connectivity index (χ4v) is 3.25. The van der Waals surface area contributed by atoms with Gasteiger partial charge in [0.2, 0.25) is 0 Å². The molecule has 0 bridgehead atoms. The van der Waals surface area contributed by atoms with Crippen molar-refractivity contribution >= 4 is 6.09 Å². The third kappa shape index (κ3) is 4.97. The molecule has 1 aliphatic heterocycles. The third-order valence-corrected chi connectivity index (χ3v) is 4.31. The Balaban J connectivity index is 1.74. The fourth-order valence-electron chi connectivity index (χ4n) is 3.25. The maximum atomic E-state index is 12.1. The second-order valence-electron chi connectivity index (χ2n) is 7.31.